The van der Waals surface area contributed by atoms with Gasteiger partial charge in [-0.15, -0.1) is 0 Å². The summed E-state index contributed by atoms with van der Waals surface area (Å²) in [7, 11) is -4.75. The highest BCUT2D eigenvalue weighted by molar-refractivity contribution is 7.46. The van der Waals surface area contributed by atoms with Crippen molar-refractivity contribution in [2.75, 3.05) is 19.8 Å². The van der Waals surface area contributed by atoms with Crippen LogP contribution in [-0.2, 0) is 32.9 Å². The second kappa shape index (κ2) is 29.2. The third-order valence-electron chi connectivity index (χ3n) is 7.32. The van der Waals surface area contributed by atoms with Gasteiger partial charge in [0.05, 0.1) is 6.61 Å². The molecule has 0 aromatic heterocycles. The van der Waals surface area contributed by atoms with Crippen molar-refractivity contribution in [2.24, 2.45) is 0 Å². The van der Waals surface area contributed by atoms with Gasteiger partial charge in [-0.3, -0.25) is 18.9 Å². The SMILES string of the molecule is CCCCCCCCCCCC(=O)O[C@H](COC(=O)CCCCCCCCCCCCCCNC(C)=O)COP(=O)(O)O. The fraction of sp³-hybridized carbons (Fsp3) is 0.906. The van der Waals surface area contributed by atoms with Crippen molar-refractivity contribution in [3.05, 3.63) is 0 Å². The number of carbonyl (C=O) groups is 3. The molecule has 0 heterocycles. The maximum Gasteiger partial charge on any atom is 0.469 e. The molecule has 0 unspecified atom stereocenters. The van der Waals surface area contributed by atoms with Crippen molar-refractivity contribution in [1.29, 1.82) is 0 Å². The molecule has 0 bridgehead atoms. The maximum absolute atomic E-state index is 12.2. The van der Waals surface area contributed by atoms with Gasteiger partial charge < -0.3 is 24.6 Å². The number of esters is 2. The zero-order valence-electron chi connectivity index (χ0n) is 27.2. The Morgan fingerprint density at radius 1 is 0.628 bits per heavy atom. The molecule has 0 radical (unpaired) electrons. The van der Waals surface area contributed by atoms with Gasteiger partial charge in [-0.1, -0.05) is 122 Å². The van der Waals surface area contributed by atoms with Gasteiger partial charge in [0.2, 0.25) is 5.91 Å². The van der Waals surface area contributed by atoms with Crippen molar-refractivity contribution < 1.29 is 42.7 Å². The summed E-state index contributed by atoms with van der Waals surface area (Å²) in [5, 5.41) is 2.82. The quantitative estimate of drug-likeness (QED) is 0.0396. The molecule has 0 aliphatic rings. The molecule has 11 heteroatoms. The fourth-order valence-electron chi connectivity index (χ4n) is 4.81. The van der Waals surface area contributed by atoms with Crippen LogP contribution in [0, 0.1) is 0 Å². The minimum absolute atomic E-state index is 0.0382. The third kappa shape index (κ3) is 33.3. The number of unbranched alkanes of at least 4 members (excludes halogenated alkanes) is 19. The highest BCUT2D eigenvalue weighted by atomic mass is 31.2. The molecule has 1 amide bonds. The number of phosphoric acid groups is 1. The molecular formula is C32H62NO9P. The topological polar surface area (TPSA) is 148 Å². The molecule has 0 spiro atoms. The molecule has 3 N–H and O–H groups in total. The Labute approximate surface area is 261 Å². The first kappa shape index (κ1) is 41.5. The van der Waals surface area contributed by atoms with E-state index in [0.29, 0.717) is 12.8 Å². The molecule has 0 aromatic rings. The van der Waals surface area contributed by atoms with E-state index in [0.717, 1.165) is 57.9 Å². The predicted octanol–water partition coefficient (Wildman–Crippen LogP) is 7.68. The van der Waals surface area contributed by atoms with Crippen LogP contribution in [0.4, 0.5) is 0 Å². The molecular weight excluding hydrogens is 573 g/mol. The van der Waals surface area contributed by atoms with Crippen LogP contribution >= 0.6 is 7.82 Å². The van der Waals surface area contributed by atoms with Crippen molar-refractivity contribution in [3.63, 3.8) is 0 Å². The molecule has 10 nitrogen and oxygen atoms in total. The Balaban J connectivity index is 3.91. The summed E-state index contributed by atoms with van der Waals surface area (Å²) in [6.07, 6.45) is 22.9. The lowest BCUT2D eigenvalue weighted by molar-refractivity contribution is -0.161. The van der Waals surface area contributed by atoms with Crippen LogP contribution in [0.15, 0.2) is 0 Å². The van der Waals surface area contributed by atoms with Gasteiger partial charge in [-0.05, 0) is 19.3 Å². The van der Waals surface area contributed by atoms with E-state index in [2.05, 4.69) is 16.8 Å². The van der Waals surface area contributed by atoms with E-state index in [1.165, 1.54) is 70.6 Å². The second-order valence-corrected chi connectivity index (χ2v) is 12.9. The average molecular weight is 636 g/mol. The lowest BCUT2D eigenvalue weighted by Gasteiger charge is -2.18. The first-order valence-electron chi connectivity index (χ1n) is 16.9. The molecule has 0 saturated carbocycles. The predicted molar refractivity (Wildman–Crippen MR) is 169 cm³/mol. The minimum Gasteiger partial charge on any atom is -0.462 e. The van der Waals surface area contributed by atoms with Gasteiger partial charge in [0.25, 0.3) is 0 Å². The Morgan fingerprint density at radius 2 is 1.05 bits per heavy atom. The molecule has 0 aromatic carbocycles. The Hall–Kier alpha value is -1.48. The van der Waals surface area contributed by atoms with E-state index in [4.69, 9.17) is 19.3 Å². The van der Waals surface area contributed by atoms with E-state index in [-0.39, 0.29) is 25.4 Å². The number of hydrogen-bond donors (Lipinski definition) is 3. The first-order chi connectivity index (χ1) is 20.6. The smallest absolute Gasteiger partial charge is 0.462 e. The molecule has 0 aliphatic heterocycles. The maximum atomic E-state index is 12.2. The summed E-state index contributed by atoms with van der Waals surface area (Å²) in [5.74, 6) is -0.874. The lowest BCUT2D eigenvalue weighted by atomic mass is 10.0. The molecule has 254 valence electrons. The molecule has 0 saturated heterocycles. The molecule has 0 fully saturated rings. The van der Waals surface area contributed by atoms with Gasteiger partial charge in [0.1, 0.15) is 6.61 Å². The van der Waals surface area contributed by atoms with Gasteiger partial charge in [-0.25, -0.2) is 4.57 Å². The number of hydrogen-bond acceptors (Lipinski definition) is 7. The Bertz CT molecular complexity index is 744. The summed E-state index contributed by atoms with van der Waals surface area (Å²) < 4.78 is 26.1. The van der Waals surface area contributed by atoms with Gasteiger partial charge >= 0.3 is 19.8 Å². The summed E-state index contributed by atoms with van der Waals surface area (Å²) in [4.78, 5) is 53.2. The average Bonchev–Trinajstić information content (AvgIpc) is 2.95. The van der Waals surface area contributed by atoms with Gasteiger partial charge in [-0.2, -0.15) is 0 Å². The van der Waals surface area contributed by atoms with Crippen LogP contribution in [0.3, 0.4) is 0 Å². The second-order valence-electron chi connectivity index (χ2n) is 11.6. The number of phosphoric ester groups is 1. The first-order valence-corrected chi connectivity index (χ1v) is 18.5. The molecule has 0 aliphatic carbocycles. The number of ether oxygens (including phenoxy) is 2. The lowest BCUT2D eigenvalue weighted by Crippen LogP contribution is -2.29. The largest absolute Gasteiger partial charge is 0.469 e. The zero-order chi connectivity index (χ0) is 32.0. The summed E-state index contributed by atoms with van der Waals surface area (Å²) in [6, 6.07) is 0. The van der Waals surface area contributed by atoms with Gasteiger partial charge in [0.15, 0.2) is 6.10 Å². The monoisotopic (exact) mass is 635 g/mol. The van der Waals surface area contributed by atoms with Crippen LogP contribution in [-0.4, -0.2) is 53.5 Å². The summed E-state index contributed by atoms with van der Waals surface area (Å²) in [6.45, 7) is 3.68. The fourth-order valence-corrected chi connectivity index (χ4v) is 5.17. The molecule has 43 heavy (non-hydrogen) atoms. The summed E-state index contributed by atoms with van der Waals surface area (Å²) >= 11 is 0. The van der Waals surface area contributed by atoms with Crippen LogP contribution in [0.2, 0.25) is 0 Å². The van der Waals surface area contributed by atoms with Crippen molar-refractivity contribution in [1.82, 2.24) is 5.32 Å². The number of rotatable bonds is 31. The van der Waals surface area contributed by atoms with Gasteiger partial charge in [0, 0.05) is 26.3 Å². The van der Waals surface area contributed by atoms with E-state index in [1.54, 1.807) is 6.92 Å². The standard InChI is InChI=1S/C32H62NO9P/c1-3-4-5-6-7-12-16-19-22-25-32(36)42-30(28-41-43(37,38)39)27-40-31(35)24-21-18-15-13-10-8-9-11-14-17-20-23-26-33-29(2)34/h30H,3-28H2,1-2H3,(H,33,34)(H2,37,38,39)/t30-/m1/s1. The zero-order valence-corrected chi connectivity index (χ0v) is 28.1. The Kier molecular flexibility index (Phi) is 28.2. The Morgan fingerprint density at radius 3 is 1.49 bits per heavy atom. The number of amides is 1. The third-order valence-corrected chi connectivity index (χ3v) is 7.81. The minimum atomic E-state index is -4.75. The number of nitrogens with one attached hydrogen (secondary N) is 1. The van der Waals surface area contributed by atoms with Crippen LogP contribution in [0.5, 0.6) is 0 Å². The van der Waals surface area contributed by atoms with E-state index in [9.17, 15) is 18.9 Å². The van der Waals surface area contributed by atoms with Crippen LogP contribution in [0.25, 0.3) is 0 Å². The van der Waals surface area contributed by atoms with E-state index >= 15 is 0 Å². The van der Waals surface area contributed by atoms with Crippen molar-refractivity contribution in [3.8, 4) is 0 Å². The van der Waals surface area contributed by atoms with E-state index < -0.39 is 32.5 Å². The highest BCUT2D eigenvalue weighted by Crippen LogP contribution is 2.36. The van der Waals surface area contributed by atoms with Crippen molar-refractivity contribution in [2.45, 2.75) is 168 Å². The van der Waals surface area contributed by atoms with Crippen molar-refractivity contribution >= 4 is 25.7 Å². The number of carbonyl (C=O) groups excluding carboxylic acids is 3. The molecule has 0 rings (SSSR count). The van der Waals surface area contributed by atoms with Crippen LogP contribution in [0.1, 0.15) is 162 Å². The molecule has 1 atom stereocenters. The van der Waals surface area contributed by atoms with Crippen LogP contribution < -0.4 is 5.32 Å². The van der Waals surface area contributed by atoms with E-state index in [1.807, 2.05) is 0 Å². The summed E-state index contributed by atoms with van der Waals surface area (Å²) in [5.41, 5.74) is 0. The normalized spacial score (nSPS) is 12.2. The highest BCUT2D eigenvalue weighted by Gasteiger charge is 2.22.